The van der Waals surface area contributed by atoms with Crippen LogP contribution in [0.15, 0.2) is 53.4 Å². The third kappa shape index (κ3) is 5.93. The lowest BCUT2D eigenvalue weighted by Crippen LogP contribution is -2.45. The molecule has 2 rings (SSSR count). The standard InChI is InChI=1S/C21H25ClFNO4S/c1-15(2)24(20(25)21(3,4)14-22)13-16-6-5-7-18(12-16)28-29(26,27)19-10-8-17(23)9-11-19/h5-12,15H,13-14H2,1-4H3. The normalized spacial score (nSPS) is 12.1. The van der Waals surface area contributed by atoms with E-state index in [9.17, 15) is 17.6 Å². The van der Waals surface area contributed by atoms with Crippen molar-refractivity contribution < 1.29 is 21.8 Å². The van der Waals surface area contributed by atoms with Crippen molar-refractivity contribution >= 4 is 27.6 Å². The molecule has 1 amide bonds. The van der Waals surface area contributed by atoms with Crippen LogP contribution >= 0.6 is 11.6 Å². The van der Waals surface area contributed by atoms with E-state index in [0.29, 0.717) is 5.56 Å². The van der Waals surface area contributed by atoms with Gasteiger partial charge in [0.25, 0.3) is 0 Å². The molecular formula is C21H25ClFNO4S. The monoisotopic (exact) mass is 441 g/mol. The Kier molecular flexibility index (Phi) is 7.30. The molecule has 0 heterocycles. The maximum absolute atomic E-state index is 13.0. The van der Waals surface area contributed by atoms with Gasteiger partial charge in [-0.2, -0.15) is 8.42 Å². The Morgan fingerprint density at radius 2 is 1.79 bits per heavy atom. The highest BCUT2D eigenvalue weighted by Gasteiger charge is 2.32. The largest absolute Gasteiger partial charge is 0.379 e. The molecule has 0 N–H and O–H groups in total. The first-order chi connectivity index (χ1) is 13.5. The van der Waals surface area contributed by atoms with E-state index in [0.717, 1.165) is 24.3 Å². The van der Waals surface area contributed by atoms with Crippen LogP contribution in [0.1, 0.15) is 33.3 Å². The van der Waals surface area contributed by atoms with Gasteiger partial charge in [0.1, 0.15) is 16.5 Å². The van der Waals surface area contributed by atoms with Gasteiger partial charge in [-0.25, -0.2) is 4.39 Å². The molecule has 0 atom stereocenters. The van der Waals surface area contributed by atoms with Crippen molar-refractivity contribution in [3.05, 3.63) is 59.9 Å². The average Bonchev–Trinajstić information content (AvgIpc) is 2.65. The highest BCUT2D eigenvalue weighted by molar-refractivity contribution is 7.87. The van der Waals surface area contributed by atoms with Gasteiger partial charge in [-0.3, -0.25) is 4.79 Å². The molecule has 0 aliphatic rings. The van der Waals surface area contributed by atoms with Gasteiger partial charge in [0, 0.05) is 18.5 Å². The highest BCUT2D eigenvalue weighted by atomic mass is 35.5. The first-order valence-electron chi connectivity index (χ1n) is 9.12. The number of carbonyl (C=O) groups excluding carboxylic acids is 1. The summed E-state index contributed by atoms with van der Waals surface area (Å²) in [4.78, 5) is 14.4. The molecule has 5 nitrogen and oxygen atoms in total. The lowest BCUT2D eigenvalue weighted by Gasteiger charge is -2.33. The molecule has 29 heavy (non-hydrogen) atoms. The first-order valence-corrected chi connectivity index (χ1v) is 11.1. The molecule has 2 aromatic rings. The van der Waals surface area contributed by atoms with E-state index in [4.69, 9.17) is 15.8 Å². The second-order valence-corrected chi connectivity index (χ2v) is 9.50. The van der Waals surface area contributed by atoms with Crippen LogP contribution in [0.2, 0.25) is 0 Å². The van der Waals surface area contributed by atoms with Crippen molar-refractivity contribution in [1.29, 1.82) is 0 Å². The zero-order chi connectivity index (χ0) is 21.8. The summed E-state index contributed by atoms with van der Waals surface area (Å²) in [7, 11) is -4.10. The number of rotatable bonds is 8. The van der Waals surface area contributed by atoms with Gasteiger partial charge in [-0.05, 0) is 69.7 Å². The quantitative estimate of drug-likeness (QED) is 0.443. The van der Waals surface area contributed by atoms with Crippen LogP contribution in [0.25, 0.3) is 0 Å². The fourth-order valence-corrected chi connectivity index (χ4v) is 3.64. The van der Waals surface area contributed by atoms with E-state index in [2.05, 4.69) is 0 Å². The number of amides is 1. The number of carbonyl (C=O) groups is 1. The molecule has 0 bridgehead atoms. The molecule has 0 aliphatic carbocycles. The molecule has 0 fully saturated rings. The second kappa shape index (κ2) is 9.13. The fraction of sp³-hybridized carbons (Fsp3) is 0.381. The van der Waals surface area contributed by atoms with Crippen molar-refractivity contribution in [2.24, 2.45) is 5.41 Å². The lowest BCUT2D eigenvalue weighted by molar-refractivity contribution is -0.141. The van der Waals surface area contributed by atoms with Crippen molar-refractivity contribution in [3.8, 4) is 5.75 Å². The van der Waals surface area contributed by atoms with Crippen molar-refractivity contribution in [2.75, 3.05) is 5.88 Å². The van der Waals surface area contributed by atoms with E-state index in [1.54, 1.807) is 36.9 Å². The molecule has 2 aromatic carbocycles. The van der Waals surface area contributed by atoms with Crippen LogP contribution in [0.3, 0.4) is 0 Å². The molecule has 0 saturated carbocycles. The average molecular weight is 442 g/mol. The number of hydrogen-bond donors (Lipinski definition) is 0. The fourth-order valence-electron chi connectivity index (χ4n) is 2.60. The Labute approximate surface area is 176 Å². The first kappa shape index (κ1) is 23.2. The smallest absolute Gasteiger partial charge is 0.339 e. The highest BCUT2D eigenvalue weighted by Crippen LogP contribution is 2.25. The van der Waals surface area contributed by atoms with Gasteiger partial charge < -0.3 is 9.08 Å². The lowest BCUT2D eigenvalue weighted by atomic mass is 9.93. The zero-order valence-corrected chi connectivity index (χ0v) is 18.4. The second-order valence-electron chi connectivity index (χ2n) is 7.68. The summed E-state index contributed by atoms with van der Waals surface area (Å²) in [5.41, 5.74) is -0.00416. The Morgan fingerprint density at radius 3 is 2.34 bits per heavy atom. The van der Waals surface area contributed by atoms with Crippen molar-refractivity contribution in [2.45, 2.75) is 45.2 Å². The van der Waals surface area contributed by atoms with E-state index in [1.807, 2.05) is 13.8 Å². The molecule has 0 spiro atoms. The SMILES string of the molecule is CC(C)N(Cc1cccc(OS(=O)(=O)c2ccc(F)cc2)c1)C(=O)C(C)(C)CCl. The van der Waals surface area contributed by atoms with E-state index in [-0.39, 0.29) is 35.0 Å². The summed E-state index contributed by atoms with van der Waals surface area (Å²) in [6.07, 6.45) is 0. The number of alkyl halides is 1. The summed E-state index contributed by atoms with van der Waals surface area (Å²) in [6.45, 7) is 7.66. The van der Waals surface area contributed by atoms with Crippen LogP contribution < -0.4 is 4.18 Å². The number of hydrogen-bond acceptors (Lipinski definition) is 4. The summed E-state index contributed by atoms with van der Waals surface area (Å²) < 4.78 is 43.0. The Bertz CT molecular complexity index is 959. The van der Waals surface area contributed by atoms with Gasteiger partial charge in [-0.15, -0.1) is 11.6 Å². The number of benzene rings is 2. The number of nitrogens with zero attached hydrogens (tertiary/aromatic N) is 1. The summed E-state index contributed by atoms with van der Waals surface area (Å²) in [5.74, 6) is -0.328. The Balaban J connectivity index is 2.24. The Hall–Kier alpha value is -2.12. The predicted molar refractivity (Wildman–Crippen MR) is 111 cm³/mol. The van der Waals surface area contributed by atoms with Gasteiger partial charge in [0.2, 0.25) is 5.91 Å². The predicted octanol–water partition coefficient (Wildman–Crippen LogP) is 4.60. The maximum Gasteiger partial charge on any atom is 0.339 e. The van der Waals surface area contributed by atoms with Crippen LogP contribution in [0.4, 0.5) is 4.39 Å². The van der Waals surface area contributed by atoms with Crippen LogP contribution in [-0.4, -0.2) is 31.1 Å². The van der Waals surface area contributed by atoms with Crippen LogP contribution in [-0.2, 0) is 21.5 Å². The topological polar surface area (TPSA) is 63.7 Å². The molecule has 0 unspecified atom stereocenters. The third-order valence-corrected chi connectivity index (χ3v) is 6.29. The Morgan fingerprint density at radius 1 is 1.17 bits per heavy atom. The molecule has 0 aromatic heterocycles. The molecule has 0 saturated heterocycles. The summed E-state index contributed by atoms with van der Waals surface area (Å²) in [5, 5.41) is 0. The zero-order valence-electron chi connectivity index (χ0n) is 16.9. The third-order valence-electron chi connectivity index (χ3n) is 4.36. The molecule has 8 heteroatoms. The summed E-state index contributed by atoms with van der Waals surface area (Å²) in [6, 6.07) is 10.8. The molecule has 0 aliphatic heterocycles. The van der Waals surface area contributed by atoms with Crippen molar-refractivity contribution in [1.82, 2.24) is 4.90 Å². The number of halogens is 2. The summed E-state index contributed by atoms with van der Waals surface area (Å²) >= 11 is 5.95. The van der Waals surface area contributed by atoms with Gasteiger partial charge in [0.05, 0.1) is 5.41 Å². The molecular weight excluding hydrogens is 417 g/mol. The van der Waals surface area contributed by atoms with E-state index >= 15 is 0 Å². The molecule has 0 radical (unpaired) electrons. The minimum atomic E-state index is -4.10. The van der Waals surface area contributed by atoms with E-state index in [1.165, 1.54) is 6.07 Å². The van der Waals surface area contributed by atoms with Gasteiger partial charge in [0.15, 0.2) is 0 Å². The molecule has 158 valence electrons. The van der Waals surface area contributed by atoms with Gasteiger partial charge in [-0.1, -0.05) is 12.1 Å². The van der Waals surface area contributed by atoms with Crippen molar-refractivity contribution in [3.63, 3.8) is 0 Å². The minimum Gasteiger partial charge on any atom is -0.379 e. The van der Waals surface area contributed by atoms with Crippen LogP contribution in [0.5, 0.6) is 5.75 Å². The maximum atomic E-state index is 13.0. The van der Waals surface area contributed by atoms with Gasteiger partial charge >= 0.3 is 10.1 Å². The van der Waals surface area contributed by atoms with Crippen LogP contribution in [0, 0.1) is 11.2 Å². The minimum absolute atomic E-state index is 0.0717. The van der Waals surface area contributed by atoms with E-state index < -0.39 is 21.4 Å².